The summed E-state index contributed by atoms with van der Waals surface area (Å²) in [5.41, 5.74) is 1.83. The van der Waals surface area contributed by atoms with Crippen molar-refractivity contribution in [2.75, 3.05) is 46.3 Å². The number of hydrogen-bond donors (Lipinski definition) is 0. The van der Waals surface area contributed by atoms with Gasteiger partial charge in [-0.2, -0.15) is 0 Å². The normalized spacial score (nSPS) is 26.6. The molecule has 4 aliphatic heterocycles. The maximum Gasteiger partial charge on any atom is 0.320 e. The molecule has 3 amide bonds. The van der Waals surface area contributed by atoms with Gasteiger partial charge < -0.3 is 24.1 Å². The van der Waals surface area contributed by atoms with Crippen LogP contribution in [0.1, 0.15) is 29.9 Å². The summed E-state index contributed by atoms with van der Waals surface area (Å²) < 4.78 is 5.27. The molecule has 0 aromatic carbocycles. The van der Waals surface area contributed by atoms with Crippen molar-refractivity contribution in [3.8, 4) is 0 Å². The lowest BCUT2D eigenvalue weighted by atomic mass is 9.93. The predicted molar refractivity (Wildman–Crippen MR) is 99.1 cm³/mol. The molecule has 4 saturated heterocycles. The molecule has 2 atom stereocenters. The predicted octanol–water partition coefficient (Wildman–Crippen LogP) is 1.08. The van der Waals surface area contributed by atoms with E-state index in [-0.39, 0.29) is 23.9 Å². The second kappa shape index (κ2) is 7.14. The number of carbonyl (C=O) groups is 2. The molecule has 8 nitrogen and oxygen atoms in total. The van der Waals surface area contributed by atoms with E-state index in [9.17, 15) is 9.59 Å². The van der Waals surface area contributed by atoms with Crippen LogP contribution in [0.25, 0.3) is 0 Å². The van der Waals surface area contributed by atoms with Crippen LogP contribution < -0.4 is 0 Å². The quantitative estimate of drug-likeness (QED) is 0.773. The number of nitrogens with zero attached hydrogens (tertiary/aromatic N) is 5. The van der Waals surface area contributed by atoms with E-state index in [2.05, 4.69) is 17.1 Å². The van der Waals surface area contributed by atoms with Gasteiger partial charge in [-0.05, 0) is 33.7 Å². The maximum absolute atomic E-state index is 13.1. The van der Waals surface area contributed by atoms with E-state index >= 15 is 0 Å². The Morgan fingerprint density at radius 2 is 1.85 bits per heavy atom. The lowest BCUT2D eigenvalue weighted by Crippen LogP contribution is -2.53. The van der Waals surface area contributed by atoms with Gasteiger partial charge in [0, 0.05) is 50.9 Å². The van der Waals surface area contributed by atoms with Gasteiger partial charge in [0.25, 0.3) is 0 Å². The van der Waals surface area contributed by atoms with Gasteiger partial charge in [0.2, 0.25) is 5.91 Å². The van der Waals surface area contributed by atoms with E-state index in [4.69, 9.17) is 4.52 Å². The molecule has 8 heteroatoms. The number of likely N-dealkylation sites (N-methyl/N-ethyl adjacent to an activating group) is 1. The lowest BCUT2D eigenvalue weighted by molar-refractivity contribution is -0.140. The fourth-order valence-corrected chi connectivity index (χ4v) is 4.50. The highest BCUT2D eigenvalue weighted by atomic mass is 16.5. The van der Waals surface area contributed by atoms with Gasteiger partial charge in [-0.1, -0.05) is 5.16 Å². The van der Waals surface area contributed by atoms with Crippen molar-refractivity contribution >= 4 is 11.9 Å². The first-order valence-electron chi connectivity index (χ1n) is 9.88. The minimum Gasteiger partial charge on any atom is -0.361 e. The SMILES string of the molecule is Cc1noc(C)c1CN1C(=O)[C@H]2CC[C@@H]1CN(C(=O)N1CCN(C)CC1)C2. The van der Waals surface area contributed by atoms with Crippen LogP contribution in [0.15, 0.2) is 4.52 Å². The zero-order chi connectivity index (χ0) is 19.1. The second-order valence-corrected chi connectivity index (χ2v) is 8.17. The third-order valence-corrected chi connectivity index (χ3v) is 6.35. The van der Waals surface area contributed by atoms with Crippen LogP contribution in [-0.2, 0) is 11.3 Å². The monoisotopic (exact) mass is 375 g/mol. The van der Waals surface area contributed by atoms with Gasteiger partial charge in [0.1, 0.15) is 5.76 Å². The summed E-state index contributed by atoms with van der Waals surface area (Å²) in [5.74, 6) is 0.839. The van der Waals surface area contributed by atoms with Crippen molar-refractivity contribution in [2.45, 2.75) is 39.3 Å². The van der Waals surface area contributed by atoms with Crippen molar-refractivity contribution in [2.24, 2.45) is 5.92 Å². The molecule has 5 heterocycles. The number of piperidine rings is 1. The summed E-state index contributed by atoms with van der Waals surface area (Å²) in [6, 6.07) is 0.161. The number of piperazine rings is 1. The van der Waals surface area contributed by atoms with Crippen LogP contribution in [0, 0.1) is 19.8 Å². The Labute approximate surface area is 160 Å². The fraction of sp³-hybridized carbons (Fsp3) is 0.737. The number of fused-ring (bicyclic) bond motifs is 4. The first-order valence-corrected chi connectivity index (χ1v) is 9.88. The van der Waals surface area contributed by atoms with E-state index in [1.54, 1.807) is 0 Å². The van der Waals surface area contributed by atoms with Gasteiger partial charge in [0.05, 0.1) is 18.2 Å². The molecule has 5 rings (SSSR count). The molecule has 4 aliphatic rings. The van der Waals surface area contributed by atoms with E-state index in [0.29, 0.717) is 19.6 Å². The zero-order valence-corrected chi connectivity index (χ0v) is 16.5. The molecule has 0 unspecified atom stereocenters. The Balaban J connectivity index is 1.49. The van der Waals surface area contributed by atoms with Crippen molar-refractivity contribution in [3.05, 3.63) is 17.0 Å². The number of urea groups is 1. The van der Waals surface area contributed by atoms with Gasteiger partial charge in [-0.3, -0.25) is 4.79 Å². The number of rotatable bonds is 2. The second-order valence-electron chi connectivity index (χ2n) is 8.17. The summed E-state index contributed by atoms with van der Waals surface area (Å²) in [6.07, 6.45) is 1.82. The Hall–Kier alpha value is -2.09. The van der Waals surface area contributed by atoms with E-state index < -0.39 is 0 Å². The molecule has 1 aromatic heterocycles. The molecule has 4 fully saturated rings. The maximum atomic E-state index is 13.1. The number of hydrogen-bond acceptors (Lipinski definition) is 5. The minimum absolute atomic E-state index is 0.0707. The number of amides is 3. The Morgan fingerprint density at radius 3 is 2.52 bits per heavy atom. The molecule has 148 valence electrons. The summed E-state index contributed by atoms with van der Waals surface area (Å²) >= 11 is 0. The van der Waals surface area contributed by atoms with Crippen LogP contribution in [-0.4, -0.2) is 89.1 Å². The van der Waals surface area contributed by atoms with Crippen molar-refractivity contribution in [3.63, 3.8) is 0 Å². The molecule has 27 heavy (non-hydrogen) atoms. The lowest BCUT2D eigenvalue weighted by Gasteiger charge is -2.37. The molecular formula is C19H29N5O3. The van der Waals surface area contributed by atoms with E-state index in [1.807, 2.05) is 28.5 Å². The van der Waals surface area contributed by atoms with Gasteiger partial charge in [-0.25, -0.2) is 4.79 Å². The van der Waals surface area contributed by atoms with E-state index in [1.165, 1.54) is 0 Å². The fourth-order valence-electron chi connectivity index (χ4n) is 4.50. The molecule has 0 spiro atoms. The van der Waals surface area contributed by atoms with Crippen LogP contribution >= 0.6 is 0 Å². The average Bonchev–Trinajstić information content (AvgIpc) is 2.83. The van der Waals surface area contributed by atoms with Crippen molar-refractivity contribution < 1.29 is 14.1 Å². The van der Waals surface area contributed by atoms with Gasteiger partial charge in [0.15, 0.2) is 0 Å². The zero-order valence-electron chi connectivity index (χ0n) is 16.5. The topological polar surface area (TPSA) is 73.1 Å². The Morgan fingerprint density at radius 1 is 1.11 bits per heavy atom. The van der Waals surface area contributed by atoms with Gasteiger partial charge >= 0.3 is 6.03 Å². The highest BCUT2D eigenvalue weighted by Crippen LogP contribution is 2.32. The molecule has 0 N–H and O–H groups in total. The highest BCUT2D eigenvalue weighted by molar-refractivity contribution is 5.83. The molecule has 0 saturated carbocycles. The minimum atomic E-state index is -0.0966. The van der Waals surface area contributed by atoms with Crippen molar-refractivity contribution in [1.29, 1.82) is 0 Å². The van der Waals surface area contributed by atoms with Crippen LogP contribution in [0.4, 0.5) is 4.79 Å². The Kier molecular flexibility index (Phi) is 4.84. The first-order chi connectivity index (χ1) is 12.9. The average molecular weight is 375 g/mol. The molecular weight excluding hydrogens is 346 g/mol. The molecule has 0 aliphatic carbocycles. The molecule has 2 bridgehead atoms. The first kappa shape index (κ1) is 18.3. The number of aromatic nitrogens is 1. The highest BCUT2D eigenvalue weighted by Gasteiger charge is 2.43. The number of aryl methyl sites for hydroxylation is 2. The van der Waals surface area contributed by atoms with Crippen LogP contribution in [0.3, 0.4) is 0 Å². The smallest absolute Gasteiger partial charge is 0.320 e. The number of carbonyl (C=O) groups excluding carboxylic acids is 2. The summed E-state index contributed by atoms with van der Waals surface area (Å²) in [4.78, 5) is 34.2. The van der Waals surface area contributed by atoms with E-state index in [0.717, 1.165) is 56.0 Å². The summed E-state index contributed by atoms with van der Waals surface area (Å²) in [6.45, 7) is 8.82. The molecule has 0 radical (unpaired) electrons. The van der Waals surface area contributed by atoms with Crippen LogP contribution in [0.2, 0.25) is 0 Å². The summed E-state index contributed by atoms with van der Waals surface area (Å²) in [5, 5.41) is 4.01. The third-order valence-electron chi connectivity index (χ3n) is 6.35. The Bertz CT molecular complexity index is 705. The summed E-state index contributed by atoms with van der Waals surface area (Å²) in [7, 11) is 2.08. The van der Waals surface area contributed by atoms with Crippen LogP contribution in [0.5, 0.6) is 0 Å². The largest absolute Gasteiger partial charge is 0.361 e. The van der Waals surface area contributed by atoms with Crippen molar-refractivity contribution in [1.82, 2.24) is 24.8 Å². The third kappa shape index (κ3) is 3.42. The van der Waals surface area contributed by atoms with Gasteiger partial charge in [-0.15, -0.1) is 0 Å². The molecule has 1 aromatic rings. The standard InChI is InChI=1S/C19H29N5O3/c1-13-17(14(2)27-20-13)12-24-16-5-4-15(18(24)25)10-23(11-16)19(26)22-8-6-21(3)7-9-22/h15-16H,4-12H2,1-3H3/t15-,16+/m0/s1.